The smallest absolute Gasteiger partial charge is 0.254 e. The zero-order chi connectivity index (χ0) is 21.3. The van der Waals surface area contributed by atoms with Gasteiger partial charge in [0.1, 0.15) is 5.69 Å². The summed E-state index contributed by atoms with van der Waals surface area (Å²) < 4.78 is 14.5. The van der Waals surface area contributed by atoms with Crippen LogP contribution >= 0.6 is 0 Å². The second-order valence-electron chi connectivity index (χ2n) is 7.76. The molecule has 1 aromatic carbocycles. The van der Waals surface area contributed by atoms with E-state index in [9.17, 15) is 19.1 Å². The van der Waals surface area contributed by atoms with E-state index in [2.05, 4.69) is 15.3 Å². The number of hydrogen-bond donors (Lipinski definition) is 2. The molecule has 2 aliphatic rings. The van der Waals surface area contributed by atoms with E-state index < -0.39 is 11.9 Å². The lowest BCUT2D eigenvalue weighted by molar-refractivity contribution is -0.129. The van der Waals surface area contributed by atoms with Crippen molar-refractivity contribution in [3.8, 4) is 11.3 Å². The number of benzene rings is 1. The summed E-state index contributed by atoms with van der Waals surface area (Å²) >= 11 is 0. The molecule has 2 N–H and O–H groups in total. The van der Waals surface area contributed by atoms with Crippen molar-refractivity contribution in [1.29, 1.82) is 0 Å². The number of amides is 2. The first kappa shape index (κ1) is 20.2. The van der Waals surface area contributed by atoms with Crippen LogP contribution in [0.15, 0.2) is 30.5 Å². The molecule has 30 heavy (non-hydrogen) atoms. The fourth-order valence-corrected chi connectivity index (χ4v) is 3.76. The quantitative estimate of drug-likeness (QED) is 0.789. The summed E-state index contributed by atoms with van der Waals surface area (Å²) in [6.45, 7) is 3.50. The summed E-state index contributed by atoms with van der Waals surface area (Å²) in [5, 5.41) is 12.6. The number of aliphatic hydroxyl groups is 1. The van der Waals surface area contributed by atoms with Gasteiger partial charge in [-0.2, -0.15) is 0 Å². The maximum Gasteiger partial charge on any atom is 0.254 e. The molecule has 1 aromatic heterocycles. The van der Waals surface area contributed by atoms with Crippen LogP contribution in [0, 0.1) is 5.82 Å². The Bertz CT molecular complexity index is 955. The maximum atomic E-state index is 14.5. The summed E-state index contributed by atoms with van der Waals surface area (Å²) in [5.41, 5.74) is 1.02. The molecule has 8 nitrogen and oxygen atoms in total. The Labute approximate surface area is 173 Å². The number of halogens is 1. The number of nitrogens with zero attached hydrogens (tertiary/aromatic N) is 4. The molecule has 0 bridgehead atoms. The molecule has 0 unspecified atom stereocenters. The zero-order valence-corrected chi connectivity index (χ0v) is 16.7. The number of anilines is 1. The molecular weight excluding hydrogens is 389 g/mol. The Balaban J connectivity index is 1.49. The first-order valence-electron chi connectivity index (χ1n) is 10.0. The van der Waals surface area contributed by atoms with Crippen molar-refractivity contribution in [1.82, 2.24) is 19.8 Å². The molecule has 2 aliphatic heterocycles. The SMILES string of the molecule is CC(=O)N1CCC(Nc2ncc(F)c(-c3cccc(C(=O)N4CC(O)C4)c3)n2)CC1. The molecular formula is C21H24FN5O3. The number of β-amino-alcohol motifs (C(OH)–C–C–N with tert-alkyl or cyclic N) is 1. The van der Waals surface area contributed by atoms with Crippen LogP contribution in [0.4, 0.5) is 10.3 Å². The lowest BCUT2D eigenvalue weighted by Crippen LogP contribution is -2.53. The van der Waals surface area contributed by atoms with Gasteiger partial charge in [-0.25, -0.2) is 14.4 Å². The van der Waals surface area contributed by atoms with Gasteiger partial charge < -0.3 is 20.2 Å². The standard InChI is InChI=1S/C21H24FN5O3/c1-13(28)26-7-5-16(6-8-26)24-21-23-10-18(22)19(25-21)14-3-2-4-15(9-14)20(30)27-11-17(29)12-27/h2-4,9-10,16-17,29H,5-8,11-12H2,1H3,(H,23,24,25). The number of rotatable bonds is 4. The Hall–Kier alpha value is -3.07. The number of likely N-dealkylation sites (tertiary alicyclic amines) is 2. The molecule has 158 valence electrons. The summed E-state index contributed by atoms with van der Waals surface area (Å²) in [7, 11) is 0. The van der Waals surface area contributed by atoms with Crippen LogP contribution in [-0.4, -0.2) is 75.0 Å². The number of aliphatic hydroxyl groups excluding tert-OH is 1. The minimum absolute atomic E-state index is 0.0657. The third-order valence-electron chi connectivity index (χ3n) is 5.55. The van der Waals surface area contributed by atoms with Gasteiger partial charge in [-0.15, -0.1) is 0 Å². The van der Waals surface area contributed by atoms with Crippen molar-refractivity contribution in [3.63, 3.8) is 0 Å². The third kappa shape index (κ3) is 4.25. The molecule has 0 saturated carbocycles. The second-order valence-corrected chi connectivity index (χ2v) is 7.76. The van der Waals surface area contributed by atoms with Gasteiger partial charge in [0.05, 0.1) is 12.3 Å². The van der Waals surface area contributed by atoms with Crippen molar-refractivity contribution >= 4 is 17.8 Å². The summed E-state index contributed by atoms with van der Waals surface area (Å²) in [5.74, 6) is -0.394. The first-order chi connectivity index (χ1) is 14.4. The number of carbonyl (C=O) groups is 2. The van der Waals surface area contributed by atoms with Crippen molar-refractivity contribution in [2.75, 3.05) is 31.5 Å². The highest BCUT2D eigenvalue weighted by molar-refractivity contribution is 5.96. The van der Waals surface area contributed by atoms with Gasteiger partial charge in [-0.05, 0) is 25.0 Å². The normalized spacial score (nSPS) is 17.6. The Kier molecular flexibility index (Phi) is 5.63. The zero-order valence-electron chi connectivity index (χ0n) is 16.7. The predicted molar refractivity (Wildman–Crippen MR) is 108 cm³/mol. The highest BCUT2D eigenvalue weighted by Gasteiger charge is 2.29. The summed E-state index contributed by atoms with van der Waals surface area (Å²) in [6.07, 6.45) is 2.17. The van der Waals surface area contributed by atoms with Crippen LogP contribution in [-0.2, 0) is 4.79 Å². The molecule has 2 saturated heterocycles. The molecule has 2 fully saturated rings. The van der Waals surface area contributed by atoms with Gasteiger partial charge in [0, 0.05) is 50.3 Å². The number of piperidine rings is 1. The van der Waals surface area contributed by atoms with Crippen LogP contribution in [0.2, 0.25) is 0 Å². The van der Waals surface area contributed by atoms with Crippen molar-refractivity contribution in [2.45, 2.75) is 31.9 Å². The van der Waals surface area contributed by atoms with Crippen LogP contribution in [0.25, 0.3) is 11.3 Å². The molecule has 3 heterocycles. The van der Waals surface area contributed by atoms with Crippen LogP contribution in [0.3, 0.4) is 0 Å². The van der Waals surface area contributed by atoms with Gasteiger partial charge in [-0.3, -0.25) is 9.59 Å². The van der Waals surface area contributed by atoms with Crippen LogP contribution in [0.1, 0.15) is 30.1 Å². The van der Waals surface area contributed by atoms with Crippen LogP contribution < -0.4 is 5.32 Å². The highest BCUT2D eigenvalue weighted by atomic mass is 19.1. The minimum atomic E-state index is -0.573. The van der Waals surface area contributed by atoms with Gasteiger partial charge in [-0.1, -0.05) is 12.1 Å². The number of aromatic nitrogens is 2. The third-order valence-corrected chi connectivity index (χ3v) is 5.55. The van der Waals surface area contributed by atoms with E-state index in [1.807, 2.05) is 0 Å². The summed E-state index contributed by atoms with van der Waals surface area (Å²) in [6, 6.07) is 6.75. The van der Waals surface area contributed by atoms with Gasteiger partial charge in [0.15, 0.2) is 5.82 Å². The van der Waals surface area contributed by atoms with E-state index in [0.29, 0.717) is 43.3 Å². The van der Waals surface area contributed by atoms with Gasteiger partial charge in [0.25, 0.3) is 5.91 Å². The Morgan fingerprint density at radius 1 is 1.20 bits per heavy atom. The highest BCUT2D eigenvalue weighted by Crippen LogP contribution is 2.24. The van der Waals surface area contributed by atoms with E-state index in [1.54, 1.807) is 41.0 Å². The van der Waals surface area contributed by atoms with E-state index in [1.165, 1.54) is 0 Å². The summed E-state index contributed by atoms with van der Waals surface area (Å²) in [4.78, 5) is 35.7. The topological polar surface area (TPSA) is 98.7 Å². The Morgan fingerprint density at radius 2 is 1.93 bits per heavy atom. The van der Waals surface area contributed by atoms with Crippen molar-refractivity contribution < 1.29 is 19.1 Å². The number of carbonyl (C=O) groups excluding carboxylic acids is 2. The number of nitrogens with one attached hydrogen (secondary N) is 1. The average molecular weight is 413 g/mol. The molecule has 2 amide bonds. The van der Waals surface area contributed by atoms with E-state index in [-0.39, 0.29) is 23.6 Å². The van der Waals surface area contributed by atoms with E-state index >= 15 is 0 Å². The lowest BCUT2D eigenvalue weighted by Gasteiger charge is -2.35. The largest absolute Gasteiger partial charge is 0.389 e. The predicted octanol–water partition coefficient (Wildman–Crippen LogP) is 1.52. The molecule has 0 spiro atoms. The molecule has 4 rings (SSSR count). The molecule has 0 radical (unpaired) electrons. The molecule has 0 atom stereocenters. The maximum absolute atomic E-state index is 14.5. The minimum Gasteiger partial charge on any atom is -0.389 e. The monoisotopic (exact) mass is 413 g/mol. The number of hydrogen-bond acceptors (Lipinski definition) is 6. The lowest BCUT2D eigenvalue weighted by atomic mass is 10.0. The first-order valence-corrected chi connectivity index (χ1v) is 10.0. The van der Waals surface area contributed by atoms with E-state index in [0.717, 1.165) is 19.0 Å². The van der Waals surface area contributed by atoms with Crippen molar-refractivity contribution in [2.24, 2.45) is 0 Å². The fourth-order valence-electron chi connectivity index (χ4n) is 3.76. The van der Waals surface area contributed by atoms with Gasteiger partial charge >= 0.3 is 0 Å². The Morgan fingerprint density at radius 3 is 2.60 bits per heavy atom. The van der Waals surface area contributed by atoms with E-state index in [4.69, 9.17) is 0 Å². The molecule has 2 aromatic rings. The molecule has 9 heteroatoms. The molecule has 0 aliphatic carbocycles. The fraction of sp³-hybridized carbons (Fsp3) is 0.429. The van der Waals surface area contributed by atoms with Crippen LogP contribution in [0.5, 0.6) is 0 Å². The van der Waals surface area contributed by atoms with Gasteiger partial charge in [0.2, 0.25) is 11.9 Å². The average Bonchev–Trinajstić information content (AvgIpc) is 2.73. The van der Waals surface area contributed by atoms with Crippen molar-refractivity contribution in [3.05, 3.63) is 41.8 Å². The second kappa shape index (κ2) is 8.35.